The van der Waals surface area contributed by atoms with Crippen LogP contribution < -0.4 is 11.1 Å². The minimum Gasteiger partial charge on any atom is -0.481 e. The summed E-state index contributed by atoms with van der Waals surface area (Å²) >= 11 is 5.90. The molecule has 0 aliphatic rings. The summed E-state index contributed by atoms with van der Waals surface area (Å²) in [5.74, 6) is -0.740. The van der Waals surface area contributed by atoms with Crippen LogP contribution >= 0.6 is 11.6 Å². The lowest BCUT2D eigenvalue weighted by molar-refractivity contribution is -0.134. The lowest BCUT2D eigenvalue weighted by atomic mass is 9.73. The Kier molecular flexibility index (Phi) is 20.6. The van der Waals surface area contributed by atoms with Crippen molar-refractivity contribution in [3.8, 4) is 0 Å². The molecule has 1 atom stereocenters. The van der Waals surface area contributed by atoms with Gasteiger partial charge >= 0.3 is 0 Å². The van der Waals surface area contributed by atoms with Crippen LogP contribution in [0.15, 0.2) is 36.9 Å². The second-order valence-electron chi connectivity index (χ2n) is 11.5. The van der Waals surface area contributed by atoms with Gasteiger partial charge < -0.3 is 21.3 Å². The highest BCUT2D eigenvalue weighted by atomic mass is 35.5. The first kappa shape index (κ1) is 38.4. The minimum atomic E-state index is -0.861. The lowest BCUT2D eigenvalue weighted by Crippen LogP contribution is -2.47. The summed E-state index contributed by atoms with van der Waals surface area (Å²) in [5, 5.41) is 33.2. The van der Waals surface area contributed by atoms with Crippen molar-refractivity contribution in [3.63, 3.8) is 0 Å². The van der Waals surface area contributed by atoms with E-state index in [0.29, 0.717) is 13.0 Å². The van der Waals surface area contributed by atoms with E-state index in [1.54, 1.807) is 11.0 Å². The molecule has 2 aromatic rings. The summed E-state index contributed by atoms with van der Waals surface area (Å²) in [5.41, 5.74) is 5.23. The first-order chi connectivity index (χ1) is 19.3. The van der Waals surface area contributed by atoms with Crippen LogP contribution in [-0.2, 0) is 17.8 Å². The number of aryl methyl sites for hydroxylation is 1. The van der Waals surface area contributed by atoms with Crippen LogP contribution in [0, 0.1) is 10.8 Å². The van der Waals surface area contributed by atoms with Gasteiger partial charge in [-0.25, -0.2) is 4.98 Å². The molecule has 0 aliphatic heterocycles. The number of nitrogens with one attached hydrogen (secondary N) is 2. The van der Waals surface area contributed by atoms with E-state index < -0.39 is 11.6 Å². The Morgan fingerprint density at radius 1 is 1.02 bits per heavy atom. The molecule has 0 amide bonds. The summed E-state index contributed by atoms with van der Waals surface area (Å²) in [7, 11) is 0. The maximum atomic E-state index is 11.1. The largest absolute Gasteiger partial charge is 0.481 e. The third kappa shape index (κ3) is 20.8. The van der Waals surface area contributed by atoms with Gasteiger partial charge in [-0.1, -0.05) is 109 Å². The molecule has 0 saturated carbocycles. The Morgan fingerprint density at radius 2 is 1.54 bits per heavy atom. The maximum Gasteiger partial charge on any atom is 0.300 e. The monoisotopic (exact) mass is 594 g/mol. The van der Waals surface area contributed by atoms with Crippen LogP contribution in [0.1, 0.15) is 111 Å². The van der Waals surface area contributed by atoms with Crippen molar-refractivity contribution in [2.75, 3.05) is 6.54 Å². The zero-order valence-electron chi connectivity index (χ0n) is 26.0. The van der Waals surface area contributed by atoms with E-state index in [9.17, 15) is 5.11 Å². The molecule has 1 unspecified atom stereocenters. The Hall–Kier alpha value is -2.65. The number of benzene rings is 1. The van der Waals surface area contributed by atoms with E-state index in [1.165, 1.54) is 69.7 Å². The molecule has 10 heteroatoms. The third-order valence-electron chi connectivity index (χ3n) is 6.87. The van der Waals surface area contributed by atoms with Crippen molar-refractivity contribution in [1.82, 2.24) is 20.1 Å². The molecule has 1 aromatic heterocycles. The van der Waals surface area contributed by atoms with E-state index in [2.05, 4.69) is 22.3 Å². The Morgan fingerprint density at radius 3 is 1.98 bits per heavy atom. The van der Waals surface area contributed by atoms with E-state index in [1.807, 2.05) is 45.0 Å². The summed E-state index contributed by atoms with van der Waals surface area (Å²) < 4.78 is 1.69. The van der Waals surface area contributed by atoms with Crippen molar-refractivity contribution in [3.05, 3.63) is 47.5 Å². The number of carboxylic acid groups (broad SMARTS) is 1. The van der Waals surface area contributed by atoms with Crippen LogP contribution in [0.2, 0.25) is 5.02 Å². The predicted molar refractivity (Wildman–Crippen MR) is 169 cm³/mol. The summed E-state index contributed by atoms with van der Waals surface area (Å²) in [6.45, 7) is 10.8. The molecular formula is C31H55ClN6O3. The fraction of sp³-hybridized carbons (Fsp3) is 0.677. The number of hydrogen-bond donors (Lipinski definition) is 5. The molecule has 0 radical (unpaired) electrons. The number of aromatic nitrogens is 3. The van der Waals surface area contributed by atoms with Crippen molar-refractivity contribution < 1.29 is 15.0 Å². The highest BCUT2D eigenvalue weighted by Gasteiger charge is 2.40. The first-order valence-corrected chi connectivity index (χ1v) is 15.2. The number of nitrogens with two attached hydrogens (primary N) is 1. The maximum absolute atomic E-state index is 11.1. The van der Waals surface area contributed by atoms with Gasteiger partial charge in [0.25, 0.3) is 5.97 Å². The molecule has 2 rings (SSSR count). The van der Waals surface area contributed by atoms with Gasteiger partial charge in [-0.15, -0.1) is 0 Å². The number of aliphatic carboxylic acids is 1. The molecule has 9 nitrogen and oxygen atoms in total. The molecule has 234 valence electrons. The van der Waals surface area contributed by atoms with E-state index in [-0.39, 0.29) is 11.4 Å². The Labute approximate surface area is 252 Å². The number of carbonyl (C=O) groups is 1. The summed E-state index contributed by atoms with van der Waals surface area (Å²) in [4.78, 5) is 12.9. The average molecular weight is 595 g/mol. The number of aliphatic hydroxyl groups is 1. The number of halogens is 1. The zero-order chi connectivity index (χ0) is 31.2. The van der Waals surface area contributed by atoms with Crippen molar-refractivity contribution in [2.45, 2.75) is 124 Å². The van der Waals surface area contributed by atoms with Crippen LogP contribution in [0.25, 0.3) is 0 Å². The smallest absolute Gasteiger partial charge is 0.300 e. The van der Waals surface area contributed by atoms with Gasteiger partial charge in [0.05, 0.1) is 12.1 Å². The van der Waals surface area contributed by atoms with Crippen LogP contribution in [-0.4, -0.2) is 49.1 Å². The van der Waals surface area contributed by atoms with Crippen molar-refractivity contribution >= 4 is 23.5 Å². The zero-order valence-corrected chi connectivity index (χ0v) is 26.7. The van der Waals surface area contributed by atoms with Crippen molar-refractivity contribution in [1.29, 1.82) is 5.41 Å². The van der Waals surface area contributed by atoms with Crippen LogP contribution in [0.3, 0.4) is 0 Å². The van der Waals surface area contributed by atoms with Crippen molar-refractivity contribution in [2.24, 2.45) is 11.1 Å². The van der Waals surface area contributed by atoms with Gasteiger partial charge in [-0.2, -0.15) is 5.10 Å². The van der Waals surface area contributed by atoms with E-state index >= 15 is 0 Å². The molecule has 0 bridgehead atoms. The highest BCUT2D eigenvalue weighted by Crippen LogP contribution is 2.35. The molecule has 0 fully saturated rings. The second-order valence-corrected chi connectivity index (χ2v) is 12.0. The number of guanidine groups is 1. The SMILES string of the molecule is CC(=O)O.CC(C)(C)C(O)(CCc1ccc(Cl)cc1)Cn1cncn1.CCCCCCCCCCCCNC(=N)N. The number of carboxylic acids is 1. The molecule has 0 aliphatic carbocycles. The standard InChI is InChI=1S/C16H22ClN3O.C13H29N3.C2H4O2/c1-15(2,3)16(21,10-20-12-18-11-19-20)9-8-13-4-6-14(17)7-5-13;1-2-3-4-5-6-7-8-9-10-11-12-16-13(14)15;1-2(3)4/h4-7,11-12,21H,8-10H2,1-3H3;2-12H2,1H3,(H4,14,15,16);1H3,(H,3,4). The number of unbranched alkanes of at least 4 members (excludes halogenated alkanes) is 9. The van der Waals surface area contributed by atoms with Crippen LogP contribution in [0.5, 0.6) is 0 Å². The Bertz CT molecular complexity index is 928. The number of nitrogens with zero attached hydrogens (tertiary/aromatic N) is 3. The molecule has 0 saturated heterocycles. The van der Waals surface area contributed by atoms with E-state index in [0.717, 1.165) is 31.3 Å². The van der Waals surface area contributed by atoms with Gasteiger partial charge in [0.15, 0.2) is 5.96 Å². The fourth-order valence-corrected chi connectivity index (χ4v) is 4.24. The lowest BCUT2D eigenvalue weighted by Gasteiger charge is -2.40. The average Bonchev–Trinajstić information content (AvgIpc) is 3.39. The number of hydrogen-bond acceptors (Lipinski definition) is 5. The van der Waals surface area contributed by atoms with Crippen LogP contribution in [0.4, 0.5) is 0 Å². The van der Waals surface area contributed by atoms with E-state index in [4.69, 9.17) is 32.6 Å². The van der Waals surface area contributed by atoms with Gasteiger partial charge in [-0.05, 0) is 42.4 Å². The molecule has 1 heterocycles. The molecule has 0 spiro atoms. The van der Waals surface area contributed by atoms with Gasteiger partial charge in [-0.3, -0.25) is 14.9 Å². The normalized spacial score (nSPS) is 12.3. The summed E-state index contributed by atoms with van der Waals surface area (Å²) in [6, 6.07) is 7.76. The quantitative estimate of drug-likeness (QED) is 0.0812. The Balaban J connectivity index is 0.000000712. The fourth-order valence-electron chi connectivity index (χ4n) is 4.11. The van der Waals surface area contributed by atoms with Gasteiger partial charge in [0.1, 0.15) is 12.7 Å². The topological polar surface area (TPSA) is 150 Å². The number of rotatable bonds is 16. The molecular weight excluding hydrogens is 540 g/mol. The first-order valence-electron chi connectivity index (χ1n) is 14.9. The molecule has 41 heavy (non-hydrogen) atoms. The molecule has 1 aromatic carbocycles. The summed E-state index contributed by atoms with van der Waals surface area (Å²) in [6.07, 6.45) is 18.0. The minimum absolute atomic E-state index is 0.0934. The van der Waals surface area contributed by atoms with Gasteiger partial charge in [0.2, 0.25) is 0 Å². The highest BCUT2D eigenvalue weighted by molar-refractivity contribution is 6.30. The molecule has 6 N–H and O–H groups in total. The van der Waals surface area contributed by atoms with Gasteiger partial charge in [0, 0.05) is 18.5 Å². The predicted octanol–water partition coefficient (Wildman–Crippen LogP) is 6.82. The second kappa shape index (κ2) is 22.0. The third-order valence-corrected chi connectivity index (χ3v) is 7.12.